The first-order chi connectivity index (χ1) is 16.7. The van der Waals surface area contributed by atoms with E-state index in [9.17, 15) is 14.4 Å². The van der Waals surface area contributed by atoms with Crippen molar-refractivity contribution >= 4 is 39.7 Å². The Bertz CT molecular complexity index is 1270. The van der Waals surface area contributed by atoms with Crippen molar-refractivity contribution in [1.82, 2.24) is 0 Å². The van der Waals surface area contributed by atoms with Gasteiger partial charge in [0.05, 0.1) is 5.56 Å². The number of primary amides is 1. The molecule has 2 unspecified atom stereocenters. The number of hydrogen-bond acceptors (Lipinski definition) is 5. The lowest BCUT2D eigenvalue weighted by Crippen LogP contribution is -2.30. The first-order valence-electron chi connectivity index (χ1n) is 11.6. The summed E-state index contributed by atoms with van der Waals surface area (Å²) < 4.78 is 5.75. The van der Waals surface area contributed by atoms with E-state index in [0.29, 0.717) is 27.8 Å². The molecular weight excluding hydrogens is 462 g/mol. The molecule has 0 bridgehead atoms. The van der Waals surface area contributed by atoms with Crippen LogP contribution in [0.1, 0.15) is 57.0 Å². The molecule has 1 aliphatic rings. The van der Waals surface area contributed by atoms with Gasteiger partial charge in [0.15, 0.2) is 6.10 Å². The lowest BCUT2D eigenvalue weighted by Gasteiger charge is -2.18. The van der Waals surface area contributed by atoms with Crippen LogP contribution < -0.4 is 21.1 Å². The molecule has 35 heavy (non-hydrogen) atoms. The van der Waals surface area contributed by atoms with Gasteiger partial charge in [0.25, 0.3) is 17.7 Å². The Morgan fingerprint density at radius 1 is 1.09 bits per heavy atom. The number of para-hydroxylation sites is 1. The molecule has 3 amide bonds. The summed E-state index contributed by atoms with van der Waals surface area (Å²) in [4.78, 5) is 38.6. The Labute approximate surface area is 208 Å². The third-order valence-electron chi connectivity index (χ3n) is 6.19. The molecule has 1 aromatic heterocycles. The van der Waals surface area contributed by atoms with Crippen molar-refractivity contribution in [2.75, 3.05) is 10.6 Å². The normalized spacial score (nSPS) is 15.6. The van der Waals surface area contributed by atoms with Gasteiger partial charge in [-0.3, -0.25) is 14.4 Å². The fourth-order valence-electron chi connectivity index (χ4n) is 4.16. The average Bonchev–Trinajstić information content (AvgIpc) is 3.17. The number of fused-ring (bicyclic) bond motifs is 1. The highest BCUT2D eigenvalue weighted by atomic mass is 32.1. The van der Waals surface area contributed by atoms with Gasteiger partial charge < -0.3 is 21.1 Å². The second kappa shape index (κ2) is 10.3. The maximum Gasteiger partial charge on any atom is 0.265 e. The summed E-state index contributed by atoms with van der Waals surface area (Å²) in [5.74, 6) is -0.118. The van der Waals surface area contributed by atoms with Crippen LogP contribution in [-0.2, 0) is 17.6 Å². The summed E-state index contributed by atoms with van der Waals surface area (Å²) in [6.45, 7) is 5.77. The molecule has 3 aromatic rings. The lowest BCUT2D eigenvalue weighted by atomic mass is 9.88. The minimum atomic E-state index is -0.729. The zero-order valence-corrected chi connectivity index (χ0v) is 20.8. The van der Waals surface area contributed by atoms with Gasteiger partial charge in [0, 0.05) is 16.1 Å². The molecule has 0 saturated carbocycles. The highest BCUT2D eigenvalue weighted by Crippen LogP contribution is 2.39. The molecule has 1 aliphatic carbocycles. The number of hydrogen-bond donors (Lipinski definition) is 3. The van der Waals surface area contributed by atoms with Gasteiger partial charge in [-0.2, -0.15) is 0 Å². The molecule has 4 rings (SSSR count). The van der Waals surface area contributed by atoms with Crippen LogP contribution in [-0.4, -0.2) is 23.8 Å². The Balaban J connectivity index is 1.41. The quantitative estimate of drug-likeness (QED) is 0.435. The maximum absolute atomic E-state index is 12.9. The van der Waals surface area contributed by atoms with E-state index in [1.54, 1.807) is 31.2 Å². The van der Waals surface area contributed by atoms with Crippen molar-refractivity contribution in [3.05, 3.63) is 75.7 Å². The summed E-state index contributed by atoms with van der Waals surface area (Å²) in [6.07, 6.45) is 1.95. The van der Waals surface area contributed by atoms with E-state index in [1.165, 1.54) is 11.3 Å². The summed E-state index contributed by atoms with van der Waals surface area (Å²) >= 11 is 1.43. The van der Waals surface area contributed by atoms with Gasteiger partial charge in [-0.1, -0.05) is 25.1 Å². The standard InChI is InChI=1S/C27H29N3O4S/c1-15-8-13-20-22(14-15)35-27(23(20)24(28)31)30-26(33)18-9-11-19(12-10-18)34-17(3)25(32)29-21-7-5-4-6-16(21)2/h4-7,9-12,15,17H,8,13-14H2,1-3H3,(H2,28,31)(H,29,32)(H,30,33). The van der Waals surface area contributed by atoms with Crippen molar-refractivity contribution in [3.63, 3.8) is 0 Å². The maximum atomic E-state index is 12.9. The van der Waals surface area contributed by atoms with Crippen molar-refractivity contribution in [3.8, 4) is 5.75 Å². The number of nitrogens with two attached hydrogens (primary N) is 1. The van der Waals surface area contributed by atoms with Gasteiger partial charge >= 0.3 is 0 Å². The molecule has 8 heteroatoms. The highest BCUT2D eigenvalue weighted by molar-refractivity contribution is 7.17. The zero-order chi connectivity index (χ0) is 25.1. The average molecular weight is 492 g/mol. The predicted octanol–water partition coefficient (Wildman–Crippen LogP) is 4.94. The Morgan fingerprint density at radius 2 is 1.80 bits per heavy atom. The van der Waals surface area contributed by atoms with Crippen molar-refractivity contribution in [1.29, 1.82) is 0 Å². The summed E-state index contributed by atoms with van der Waals surface area (Å²) in [5.41, 5.74) is 9.15. The van der Waals surface area contributed by atoms with E-state index < -0.39 is 12.0 Å². The Morgan fingerprint density at radius 3 is 2.49 bits per heavy atom. The molecule has 1 heterocycles. The summed E-state index contributed by atoms with van der Waals surface area (Å²) in [5, 5.41) is 6.23. The second-order valence-electron chi connectivity index (χ2n) is 8.96. The number of benzene rings is 2. The molecule has 2 atom stereocenters. The smallest absolute Gasteiger partial charge is 0.265 e. The predicted molar refractivity (Wildman–Crippen MR) is 138 cm³/mol. The Kier molecular flexibility index (Phi) is 7.21. The molecule has 182 valence electrons. The third kappa shape index (κ3) is 5.54. The molecule has 2 aromatic carbocycles. The van der Waals surface area contributed by atoms with Crippen LogP contribution in [0.3, 0.4) is 0 Å². The molecule has 4 N–H and O–H groups in total. The number of thiophene rings is 1. The van der Waals surface area contributed by atoms with E-state index in [4.69, 9.17) is 10.5 Å². The second-order valence-corrected chi connectivity index (χ2v) is 10.1. The molecule has 0 saturated heterocycles. The minimum absolute atomic E-state index is 0.268. The fourth-order valence-corrected chi connectivity index (χ4v) is 5.58. The zero-order valence-electron chi connectivity index (χ0n) is 20.0. The van der Waals surface area contributed by atoms with Gasteiger partial charge in [-0.25, -0.2) is 0 Å². The first kappa shape index (κ1) is 24.5. The first-order valence-corrected chi connectivity index (χ1v) is 12.4. The Hall–Kier alpha value is -3.65. The van der Waals surface area contributed by atoms with Crippen LogP contribution in [0.15, 0.2) is 48.5 Å². The lowest BCUT2D eigenvalue weighted by molar-refractivity contribution is -0.122. The monoisotopic (exact) mass is 491 g/mol. The molecule has 0 radical (unpaired) electrons. The van der Waals surface area contributed by atoms with Crippen molar-refractivity contribution < 1.29 is 19.1 Å². The number of nitrogens with one attached hydrogen (secondary N) is 2. The topological polar surface area (TPSA) is 111 Å². The van der Waals surface area contributed by atoms with Crippen LogP contribution in [0.2, 0.25) is 0 Å². The molecule has 0 aliphatic heterocycles. The number of ether oxygens (including phenoxy) is 1. The minimum Gasteiger partial charge on any atom is -0.481 e. The van der Waals surface area contributed by atoms with Gasteiger partial charge in [-0.15, -0.1) is 11.3 Å². The van der Waals surface area contributed by atoms with E-state index in [-0.39, 0.29) is 11.8 Å². The van der Waals surface area contributed by atoms with Crippen molar-refractivity contribution in [2.24, 2.45) is 11.7 Å². The SMILES string of the molecule is Cc1ccccc1NC(=O)C(C)Oc1ccc(C(=O)Nc2sc3c(c2C(N)=O)CCC(C)C3)cc1. The van der Waals surface area contributed by atoms with E-state index in [2.05, 4.69) is 17.6 Å². The number of aryl methyl sites for hydroxylation is 1. The molecule has 0 spiro atoms. The summed E-state index contributed by atoms with van der Waals surface area (Å²) in [7, 11) is 0. The molecule has 0 fully saturated rings. The van der Waals surface area contributed by atoms with Crippen molar-refractivity contribution in [2.45, 2.75) is 46.1 Å². The van der Waals surface area contributed by atoms with Gasteiger partial charge in [0.2, 0.25) is 0 Å². The fraction of sp³-hybridized carbons (Fsp3) is 0.296. The molecule has 7 nitrogen and oxygen atoms in total. The van der Waals surface area contributed by atoms with E-state index in [1.807, 2.05) is 31.2 Å². The number of carbonyl (C=O) groups is 3. The van der Waals surface area contributed by atoms with Crippen LogP contribution in [0.4, 0.5) is 10.7 Å². The van der Waals surface area contributed by atoms with E-state index >= 15 is 0 Å². The molecular formula is C27H29N3O4S. The highest BCUT2D eigenvalue weighted by Gasteiger charge is 2.27. The van der Waals surface area contributed by atoms with E-state index in [0.717, 1.165) is 41.0 Å². The number of anilines is 2. The largest absolute Gasteiger partial charge is 0.481 e. The third-order valence-corrected chi connectivity index (χ3v) is 7.36. The van der Waals surface area contributed by atoms with Gasteiger partial charge in [-0.05, 0) is 80.5 Å². The van der Waals surface area contributed by atoms with Gasteiger partial charge in [0.1, 0.15) is 10.8 Å². The number of carbonyl (C=O) groups excluding carboxylic acids is 3. The number of amides is 3. The summed E-state index contributed by atoms with van der Waals surface area (Å²) in [6, 6.07) is 14.0. The van der Waals surface area contributed by atoms with Crippen LogP contribution in [0, 0.1) is 12.8 Å². The van der Waals surface area contributed by atoms with Crippen LogP contribution >= 0.6 is 11.3 Å². The number of rotatable bonds is 7. The van der Waals surface area contributed by atoms with Crippen LogP contribution in [0.5, 0.6) is 5.75 Å². The van der Waals surface area contributed by atoms with Crippen LogP contribution in [0.25, 0.3) is 0 Å².